The Balaban J connectivity index is 1.49. The van der Waals surface area contributed by atoms with Crippen LogP contribution < -0.4 is 10.6 Å². The molecule has 1 aliphatic rings. The van der Waals surface area contributed by atoms with Crippen molar-refractivity contribution in [2.24, 2.45) is 0 Å². The van der Waals surface area contributed by atoms with Crippen LogP contribution in [-0.4, -0.2) is 30.3 Å². The fraction of sp³-hybridized carbons (Fsp3) is 0.350. The zero-order valence-electron chi connectivity index (χ0n) is 14.2. The molecule has 1 atom stereocenters. The van der Waals surface area contributed by atoms with Gasteiger partial charge < -0.3 is 20.5 Å². The lowest BCUT2D eigenvalue weighted by Gasteiger charge is -2.24. The number of hydrogen-bond acceptors (Lipinski definition) is 4. The van der Waals surface area contributed by atoms with Crippen LogP contribution in [0, 0.1) is 0 Å². The van der Waals surface area contributed by atoms with Crippen LogP contribution in [0.3, 0.4) is 0 Å². The Morgan fingerprint density at radius 2 is 1.68 bits per heavy atom. The summed E-state index contributed by atoms with van der Waals surface area (Å²) < 4.78 is 5.36. The van der Waals surface area contributed by atoms with Crippen LogP contribution in [0.1, 0.15) is 30.9 Å². The van der Waals surface area contributed by atoms with Crippen molar-refractivity contribution in [1.82, 2.24) is 0 Å². The van der Waals surface area contributed by atoms with Gasteiger partial charge in [-0.2, -0.15) is 0 Å². The Labute approximate surface area is 148 Å². The van der Waals surface area contributed by atoms with Gasteiger partial charge in [0.15, 0.2) is 0 Å². The van der Waals surface area contributed by atoms with Crippen molar-refractivity contribution in [3.05, 3.63) is 60.2 Å². The highest BCUT2D eigenvalue weighted by Crippen LogP contribution is 2.20. The molecule has 2 aromatic rings. The van der Waals surface area contributed by atoms with Crippen LogP contribution in [0.4, 0.5) is 11.4 Å². The highest BCUT2D eigenvalue weighted by atomic mass is 16.5. The Morgan fingerprint density at radius 3 is 2.36 bits per heavy atom. The average molecular weight is 340 g/mol. The lowest BCUT2D eigenvalue weighted by molar-refractivity contribution is -0.118. The van der Waals surface area contributed by atoms with Gasteiger partial charge in [0.25, 0.3) is 0 Å². The van der Waals surface area contributed by atoms with Crippen molar-refractivity contribution < 1.29 is 14.6 Å². The number of carbonyl (C=O) groups excluding carboxylic acids is 1. The van der Waals surface area contributed by atoms with E-state index in [4.69, 9.17) is 4.74 Å². The van der Waals surface area contributed by atoms with E-state index in [1.54, 1.807) is 0 Å². The predicted octanol–water partition coefficient (Wildman–Crippen LogP) is 3.34. The van der Waals surface area contributed by atoms with Crippen molar-refractivity contribution in [3.63, 3.8) is 0 Å². The highest BCUT2D eigenvalue weighted by molar-refractivity contribution is 5.91. The number of ether oxygens (including phenoxy) is 1. The number of hydrogen-bond donors (Lipinski definition) is 3. The average Bonchev–Trinajstić information content (AvgIpc) is 2.65. The Kier molecular flexibility index (Phi) is 6.04. The van der Waals surface area contributed by atoms with E-state index in [9.17, 15) is 9.90 Å². The second kappa shape index (κ2) is 8.65. The van der Waals surface area contributed by atoms with Crippen LogP contribution >= 0.6 is 0 Å². The summed E-state index contributed by atoms with van der Waals surface area (Å²) in [6, 6.07) is 17.3. The monoisotopic (exact) mass is 340 g/mol. The minimum atomic E-state index is -0.796. The molecule has 0 unspecified atom stereocenters. The van der Waals surface area contributed by atoms with Gasteiger partial charge in [-0.25, -0.2) is 0 Å². The lowest BCUT2D eigenvalue weighted by atomic mass is 10.1. The van der Waals surface area contributed by atoms with E-state index in [0.29, 0.717) is 6.04 Å². The third kappa shape index (κ3) is 5.31. The molecule has 1 amide bonds. The van der Waals surface area contributed by atoms with E-state index in [0.717, 1.165) is 43.0 Å². The van der Waals surface area contributed by atoms with Gasteiger partial charge in [0.2, 0.25) is 5.91 Å². The third-order valence-corrected chi connectivity index (χ3v) is 4.32. The van der Waals surface area contributed by atoms with Crippen LogP contribution in [0.2, 0.25) is 0 Å². The van der Waals surface area contributed by atoms with E-state index < -0.39 is 6.10 Å². The van der Waals surface area contributed by atoms with Crippen molar-refractivity contribution >= 4 is 17.3 Å². The maximum Gasteiger partial charge on any atom is 0.227 e. The van der Waals surface area contributed by atoms with Crippen molar-refractivity contribution in [3.8, 4) is 0 Å². The molecular weight excluding hydrogens is 316 g/mol. The summed E-state index contributed by atoms with van der Waals surface area (Å²) in [6.45, 7) is 1.60. The van der Waals surface area contributed by atoms with Crippen molar-refractivity contribution in [1.29, 1.82) is 0 Å². The van der Waals surface area contributed by atoms with Crippen molar-refractivity contribution in [2.45, 2.75) is 31.4 Å². The Hall–Kier alpha value is -2.37. The Bertz CT molecular complexity index is 667. The second-order valence-corrected chi connectivity index (χ2v) is 6.29. The quantitative estimate of drug-likeness (QED) is 0.754. The number of carbonyl (C=O) groups is 1. The first kappa shape index (κ1) is 17.5. The molecule has 3 rings (SSSR count). The molecule has 0 radical (unpaired) electrons. The first-order valence-electron chi connectivity index (χ1n) is 8.68. The minimum Gasteiger partial charge on any atom is -0.388 e. The van der Waals surface area contributed by atoms with Crippen LogP contribution in [-0.2, 0) is 9.53 Å². The van der Waals surface area contributed by atoms with E-state index in [1.807, 2.05) is 54.6 Å². The smallest absolute Gasteiger partial charge is 0.227 e. The van der Waals surface area contributed by atoms with Crippen LogP contribution in [0.5, 0.6) is 0 Å². The normalized spacial score (nSPS) is 16.2. The van der Waals surface area contributed by atoms with Gasteiger partial charge in [-0.1, -0.05) is 30.3 Å². The largest absolute Gasteiger partial charge is 0.388 e. The molecule has 1 saturated heterocycles. The molecule has 1 fully saturated rings. The summed E-state index contributed by atoms with van der Waals surface area (Å²) in [5, 5.41) is 16.4. The minimum absolute atomic E-state index is 0.0338. The summed E-state index contributed by atoms with van der Waals surface area (Å²) in [7, 11) is 0. The van der Waals surface area contributed by atoms with Crippen molar-refractivity contribution in [2.75, 3.05) is 23.8 Å². The number of amides is 1. The summed E-state index contributed by atoms with van der Waals surface area (Å²) >= 11 is 0. The molecule has 3 N–H and O–H groups in total. The van der Waals surface area contributed by atoms with Gasteiger partial charge >= 0.3 is 0 Å². The molecule has 0 bridgehead atoms. The first-order valence-corrected chi connectivity index (χ1v) is 8.68. The van der Waals surface area contributed by atoms with E-state index >= 15 is 0 Å². The molecule has 5 nitrogen and oxygen atoms in total. The zero-order valence-corrected chi connectivity index (χ0v) is 14.2. The molecule has 0 saturated carbocycles. The SMILES string of the molecule is O=C(C[C@@H](O)c1ccccc1)Nc1ccc(NC2CCOCC2)cc1. The third-order valence-electron chi connectivity index (χ3n) is 4.32. The number of aliphatic hydroxyl groups excluding tert-OH is 1. The van der Waals surface area contributed by atoms with Gasteiger partial charge in [-0.15, -0.1) is 0 Å². The topological polar surface area (TPSA) is 70.6 Å². The molecule has 5 heteroatoms. The fourth-order valence-electron chi connectivity index (χ4n) is 2.91. The molecule has 0 spiro atoms. The van der Waals surface area contributed by atoms with Gasteiger partial charge in [0.05, 0.1) is 12.5 Å². The number of benzene rings is 2. The van der Waals surface area contributed by atoms with E-state index in [1.165, 1.54) is 0 Å². The molecule has 0 aromatic heterocycles. The summed E-state index contributed by atoms with van der Waals surface area (Å²) in [5.41, 5.74) is 2.51. The highest BCUT2D eigenvalue weighted by Gasteiger charge is 2.14. The van der Waals surface area contributed by atoms with Crippen LogP contribution in [0.15, 0.2) is 54.6 Å². The maximum absolute atomic E-state index is 12.1. The number of anilines is 2. The number of nitrogens with one attached hydrogen (secondary N) is 2. The summed E-state index contributed by atoms with van der Waals surface area (Å²) in [5.74, 6) is -0.207. The maximum atomic E-state index is 12.1. The zero-order chi connectivity index (χ0) is 17.5. The summed E-state index contributed by atoms with van der Waals surface area (Å²) in [6.07, 6.45) is 1.26. The van der Waals surface area contributed by atoms with E-state index in [2.05, 4.69) is 10.6 Å². The summed E-state index contributed by atoms with van der Waals surface area (Å²) in [4.78, 5) is 12.1. The second-order valence-electron chi connectivity index (χ2n) is 6.29. The number of rotatable bonds is 6. The molecule has 0 aliphatic carbocycles. The molecule has 25 heavy (non-hydrogen) atoms. The van der Waals surface area contributed by atoms with Gasteiger partial charge in [0.1, 0.15) is 0 Å². The lowest BCUT2D eigenvalue weighted by Crippen LogP contribution is -2.27. The van der Waals surface area contributed by atoms with Gasteiger partial charge in [0, 0.05) is 30.6 Å². The Morgan fingerprint density at radius 1 is 1.04 bits per heavy atom. The van der Waals surface area contributed by atoms with Gasteiger partial charge in [-0.3, -0.25) is 4.79 Å². The molecule has 2 aromatic carbocycles. The predicted molar refractivity (Wildman–Crippen MR) is 98.6 cm³/mol. The standard InChI is InChI=1S/C20H24N2O3/c23-19(15-4-2-1-3-5-15)14-20(24)22-17-8-6-16(7-9-17)21-18-10-12-25-13-11-18/h1-9,18-19,21,23H,10-14H2,(H,22,24)/t19-/m1/s1. The fourth-order valence-corrected chi connectivity index (χ4v) is 2.91. The molecule has 1 aliphatic heterocycles. The number of aliphatic hydroxyl groups is 1. The van der Waals surface area contributed by atoms with E-state index in [-0.39, 0.29) is 12.3 Å². The first-order chi connectivity index (χ1) is 12.2. The molecule has 1 heterocycles. The molecular formula is C20H24N2O3. The molecule has 132 valence electrons. The van der Waals surface area contributed by atoms with Crippen LogP contribution in [0.25, 0.3) is 0 Å². The van der Waals surface area contributed by atoms with Gasteiger partial charge in [-0.05, 0) is 42.7 Å².